The van der Waals surface area contributed by atoms with E-state index in [1.807, 2.05) is 12.1 Å². The predicted molar refractivity (Wildman–Crippen MR) is 145 cm³/mol. The summed E-state index contributed by atoms with van der Waals surface area (Å²) in [7, 11) is 0. The second-order valence-electron chi connectivity index (χ2n) is 10.4. The minimum Gasteiger partial charge on any atom is -0.478 e. The Kier molecular flexibility index (Phi) is 6.67. The van der Waals surface area contributed by atoms with Gasteiger partial charge in [0.2, 0.25) is 0 Å². The van der Waals surface area contributed by atoms with Gasteiger partial charge in [-0.05, 0) is 54.7 Å². The first-order chi connectivity index (χ1) is 17.6. The van der Waals surface area contributed by atoms with Crippen LogP contribution in [0.25, 0.3) is 22.2 Å². The van der Waals surface area contributed by atoms with Crippen molar-refractivity contribution in [3.63, 3.8) is 0 Å². The van der Waals surface area contributed by atoms with E-state index in [0.29, 0.717) is 11.5 Å². The van der Waals surface area contributed by atoms with Crippen molar-refractivity contribution in [2.75, 3.05) is 50.8 Å². The number of carboxylic acids is 1. The van der Waals surface area contributed by atoms with E-state index >= 15 is 0 Å². The molecule has 1 aliphatic carbocycles. The first-order valence-electron chi connectivity index (χ1n) is 13.3. The van der Waals surface area contributed by atoms with Gasteiger partial charge in [-0.1, -0.05) is 36.9 Å². The van der Waals surface area contributed by atoms with Crippen LogP contribution < -0.4 is 4.90 Å². The van der Waals surface area contributed by atoms with Crippen LogP contribution in [0, 0.1) is 0 Å². The number of aromatic carboxylic acids is 1. The molecule has 1 aromatic heterocycles. The molecule has 7 heteroatoms. The Balaban J connectivity index is 1.48. The van der Waals surface area contributed by atoms with Crippen LogP contribution in [0.5, 0.6) is 0 Å². The molecule has 2 aliphatic heterocycles. The highest BCUT2D eigenvalue weighted by molar-refractivity contribution is 6.31. The molecule has 0 atom stereocenters. The van der Waals surface area contributed by atoms with Gasteiger partial charge < -0.3 is 19.3 Å². The molecule has 6 rings (SSSR count). The number of fused-ring (bicyclic) bond motifs is 5. The number of ether oxygens (including phenoxy) is 1. The van der Waals surface area contributed by atoms with Crippen molar-refractivity contribution in [3.05, 3.63) is 52.5 Å². The Bertz CT molecular complexity index is 1270. The second kappa shape index (κ2) is 10.1. The van der Waals surface area contributed by atoms with Gasteiger partial charge in [-0.3, -0.25) is 4.90 Å². The number of nitrogens with zero attached hydrogens (tertiary/aromatic N) is 3. The summed E-state index contributed by atoms with van der Waals surface area (Å²) in [5.74, 6) is -0.379. The highest BCUT2D eigenvalue weighted by Crippen LogP contribution is 2.47. The van der Waals surface area contributed by atoms with Crippen molar-refractivity contribution >= 4 is 34.2 Å². The molecule has 2 aromatic carbocycles. The van der Waals surface area contributed by atoms with Crippen LogP contribution in [0.3, 0.4) is 0 Å². The summed E-state index contributed by atoms with van der Waals surface area (Å²) >= 11 is 6.57. The van der Waals surface area contributed by atoms with Crippen molar-refractivity contribution in [1.82, 2.24) is 9.47 Å². The predicted octanol–water partition coefficient (Wildman–Crippen LogP) is 5.86. The minimum atomic E-state index is -0.875. The molecule has 3 aromatic rings. The molecule has 0 bridgehead atoms. The smallest absolute Gasteiger partial charge is 0.335 e. The topological polar surface area (TPSA) is 57.9 Å². The molecule has 2 fully saturated rings. The van der Waals surface area contributed by atoms with E-state index in [1.54, 1.807) is 6.07 Å². The van der Waals surface area contributed by atoms with Crippen molar-refractivity contribution in [1.29, 1.82) is 0 Å². The Hall–Kier alpha value is -2.54. The molecule has 0 unspecified atom stereocenters. The third kappa shape index (κ3) is 4.40. The first kappa shape index (κ1) is 23.8. The van der Waals surface area contributed by atoms with Gasteiger partial charge in [0.1, 0.15) is 0 Å². The molecule has 190 valence electrons. The molecule has 0 amide bonds. The zero-order valence-corrected chi connectivity index (χ0v) is 21.5. The van der Waals surface area contributed by atoms with Crippen LogP contribution in [0.2, 0.25) is 5.02 Å². The SMILES string of the molecule is O=C(O)c1ccc2c(C3CCCCC3)c3n(c2c1)CCN(CCN1CCOCC1)c1cc(Cl)ccc1-3. The molecule has 36 heavy (non-hydrogen) atoms. The molecular formula is C29H34ClN3O3. The zero-order chi connectivity index (χ0) is 24.6. The average Bonchev–Trinajstić information content (AvgIpc) is 3.14. The summed E-state index contributed by atoms with van der Waals surface area (Å²) in [6.07, 6.45) is 6.19. The number of hydrogen-bond donors (Lipinski definition) is 1. The fraction of sp³-hybridized carbons (Fsp3) is 0.483. The lowest BCUT2D eigenvalue weighted by atomic mass is 9.81. The van der Waals surface area contributed by atoms with Gasteiger partial charge in [0.05, 0.1) is 24.5 Å². The summed E-state index contributed by atoms with van der Waals surface area (Å²) < 4.78 is 7.93. The second-order valence-corrected chi connectivity index (χ2v) is 10.8. The highest BCUT2D eigenvalue weighted by Gasteiger charge is 2.31. The van der Waals surface area contributed by atoms with E-state index in [2.05, 4.69) is 32.6 Å². The quantitative estimate of drug-likeness (QED) is 0.468. The molecule has 1 saturated carbocycles. The number of morpholine rings is 1. The minimum absolute atomic E-state index is 0.350. The first-order valence-corrected chi connectivity index (χ1v) is 13.7. The lowest BCUT2D eigenvalue weighted by molar-refractivity contribution is 0.0391. The van der Waals surface area contributed by atoms with Crippen molar-refractivity contribution in [2.24, 2.45) is 0 Å². The van der Waals surface area contributed by atoms with Gasteiger partial charge in [-0.2, -0.15) is 0 Å². The summed E-state index contributed by atoms with van der Waals surface area (Å²) in [6, 6.07) is 12.0. The highest BCUT2D eigenvalue weighted by atomic mass is 35.5. The van der Waals surface area contributed by atoms with Gasteiger partial charge in [0, 0.05) is 66.4 Å². The van der Waals surface area contributed by atoms with Crippen molar-refractivity contribution in [3.8, 4) is 11.3 Å². The number of carboxylic acid groups (broad SMARTS) is 1. The fourth-order valence-electron chi connectivity index (χ4n) is 6.46. The lowest BCUT2D eigenvalue weighted by Gasteiger charge is -2.31. The van der Waals surface area contributed by atoms with Crippen LogP contribution >= 0.6 is 11.6 Å². The molecule has 3 heterocycles. The van der Waals surface area contributed by atoms with Crippen LogP contribution in [0.1, 0.15) is 53.9 Å². The van der Waals surface area contributed by atoms with E-state index in [4.69, 9.17) is 16.3 Å². The number of benzene rings is 2. The van der Waals surface area contributed by atoms with E-state index in [0.717, 1.165) is 63.0 Å². The van der Waals surface area contributed by atoms with Crippen LogP contribution in [-0.2, 0) is 11.3 Å². The Labute approximate surface area is 217 Å². The van der Waals surface area contributed by atoms with E-state index in [-0.39, 0.29) is 0 Å². The van der Waals surface area contributed by atoms with Gasteiger partial charge in [-0.25, -0.2) is 4.79 Å². The fourth-order valence-corrected chi connectivity index (χ4v) is 6.63. The molecule has 6 nitrogen and oxygen atoms in total. The number of hydrogen-bond acceptors (Lipinski definition) is 4. The third-order valence-electron chi connectivity index (χ3n) is 8.30. The Morgan fingerprint density at radius 3 is 2.56 bits per heavy atom. The number of anilines is 1. The molecule has 1 saturated heterocycles. The maximum atomic E-state index is 11.9. The molecule has 3 aliphatic rings. The summed E-state index contributed by atoms with van der Waals surface area (Å²) in [6.45, 7) is 7.15. The van der Waals surface area contributed by atoms with E-state index in [1.165, 1.54) is 60.0 Å². The summed E-state index contributed by atoms with van der Waals surface area (Å²) in [5, 5.41) is 11.7. The molecule has 0 radical (unpaired) electrons. The van der Waals surface area contributed by atoms with Gasteiger partial charge in [-0.15, -0.1) is 0 Å². The van der Waals surface area contributed by atoms with E-state index in [9.17, 15) is 9.90 Å². The van der Waals surface area contributed by atoms with Gasteiger partial charge >= 0.3 is 5.97 Å². The normalized spacial score (nSPS) is 19.2. The van der Waals surface area contributed by atoms with Gasteiger partial charge in [0.25, 0.3) is 0 Å². The van der Waals surface area contributed by atoms with Crippen molar-refractivity contribution in [2.45, 2.75) is 44.6 Å². The molecular weight excluding hydrogens is 474 g/mol. The largest absolute Gasteiger partial charge is 0.478 e. The van der Waals surface area contributed by atoms with Crippen LogP contribution in [-0.4, -0.2) is 66.5 Å². The van der Waals surface area contributed by atoms with Crippen molar-refractivity contribution < 1.29 is 14.6 Å². The zero-order valence-electron chi connectivity index (χ0n) is 20.7. The number of halogens is 1. The maximum Gasteiger partial charge on any atom is 0.335 e. The summed E-state index contributed by atoms with van der Waals surface area (Å²) in [4.78, 5) is 16.8. The number of carbonyl (C=O) groups is 1. The lowest BCUT2D eigenvalue weighted by Crippen LogP contribution is -2.42. The van der Waals surface area contributed by atoms with E-state index < -0.39 is 5.97 Å². The van der Waals surface area contributed by atoms with Gasteiger partial charge in [0.15, 0.2) is 0 Å². The standard InChI is InChI=1S/C29H34ClN3O3/c30-22-7-9-24-25(19-22)32(11-10-31-14-16-36-17-15-31)12-13-33-26-18-21(29(34)35)6-8-23(26)27(28(24)33)20-4-2-1-3-5-20/h6-9,18-20H,1-5,10-17H2,(H,34,35). The third-order valence-corrected chi connectivity index (χ3v) is 8.54. The maximum absolute atomic E-state index is 11.9. The average molecular weight is 508 g/mol. The number of aromatic nitrogens is 1. The summed E-state index contributed by atoms with van der Waals surface area (Å²) in [5.41, 5.74) is 6.46. The Morgan fingerprint density at radius 2 is 1.78 bits per heavy atom. The van der Waals surface area contributed by atoms with Crippen LogP contribution in [0.4, 0.5) is 5.69 Å². The molecule has 0 spiro atoms. The number of rotatable bonds is 5. The molecule has 1 N–H and O–H groups in total. The van der Waals surface area contributed by atoms with Crippen LogP contribution in [0.15, 0.2) is 36.4 Å². The Morgan fingerprint density at radius 1 is 0.972 bits per heavy atom. The monoisotopic (exact) mass is 507 g/mol.